The molecule has 1 fully saturated rings. The van der Waals surface area contributed by atoms with Gasteiger partial charge in [0.15, 0.2) is 11.0 Å². The minimum atomic E-state index is -0.378. The number of amides is 2. The zero-order valence-electron chi connectivity index (χ0n) is 24.1. The minimum Gasteiger partial charge on any atom is -0.496 e. The van der Waals surface area contributed by atoms with Crippen LogP contribution in [0.2, 0.25) is 0 Å². The maximum Gasteiger partial charge on any atom is 0.341 e. The van der Waals surface area contributed by atoms with Crippen molar-refractivity contribution in [2.75, 3.05) is 24.8 Å². The van der Waals surface area contributed by atoms with Crippen LogP contribution in [-0.4, -0.2) is 52.0 Å². The predicted molar refractivity (Wildman–Crippen MR) is 163 cm³/mol. The van der Waals surface area contributed by atoms with Gasteiger partial charge < -0.3 is 24.7 Å². The molecule has 0 unspecified atom stereocenters. The van der Waals surface area contributed by atoms with Crippen molar-refractivity contribution < 1.29 is 23.9 Å². The first kappa shape index (κ1) is 30.1. The zero-order valence-corrected chi connectivity index (χ0v) is 25.7. The number of hydrogen-bond donors (Lipinski definition) is 2. The lowest BCUT2D eigenvalue weighted by Crippen LogP contribution is -2.26. The normalized spacial score (nSPS) is 15.1. The summed E-state index contributed by atoms with van der Waals surface area (Å²) in [5, 5.41) is 16.0. The number of thioether (sulfide) groups is 1. The maximum atomic E-state index is 13.2. The van der Waals surface area contributed by atoms with Crippen LogP contribution in [0.4, 0.5) is 5.00 Å². The number of benzene rings is 1. The second-order valence-corrected chi connectivity index (χ2v) is 12.5. The molecule has 0 atom stereocenters. The Balaban J connectivity index is 1.29. The molecule has 0 radical (unpaired) electrons. The molecule has 2 aromatic heterocycles. The van der Waals surface area contributed by atoms with E-state index >= 15 is 0 Å². The monoisotopic (exact) mass is 611 g/mol. The number of rotatable bonds is 11. The fourth-order valence-electron chi connectivity index (χ4n) is 5.69. The number of anilines is 1. The number of fused-ring (bicyclic) bond motifs is 1. The second kappa shape index (κ2) is 14.2. The van der Waals surface area contributed by atoms with Crippen LogP contribution in [-0.2, 0) is 28.9 Å². The highest BCUT2D eigenvalue weighted by Crippen LogP contribution is 2.39. The molecule has 2 amide bonds. The number of hydrogen-bond acceptors (Lipinski definition) is 9. The van der Waals surface area contributed by atoms with Crippen LogP contribution in [0.3, 0.4) is 0 Å². The Labute approximate surface area is 254 Å². The molecule has 2 N–H and O–H groups in total. The highest BCUT2D eigenvalue weighted by Gasteiger charge is 2.28. The summed E-state index contributed by atoms with van der Waals surface area (Å²) in [5.41, 5.74) is 1.98. The molecular weight excluding hydrogens is 574 g/mol. The first-order valence-electron chi connectivity index (χ1n) is 14.6. The first-order chi connectivity index (χ1) is 20.5. The Morgan fingerprint density at radius 1 is 1.07 bits per heavy atom. The van der Waals surface area contributed by atoms with E-state index in [9.17, 15) is 14.4 Å². The SMILES string of the molecule is CCOC(=O)c1c(NC(=O)CSc2nnc(CNC(=O)c3ccccc3OC)n2C2CCCCC2)sc2c1CCCC2. The molecule has 2 aliphatic carbocycles. The molecule has 5 rings (SSSR count). The molecule has 0 spiro atoms. The van der Waals surface area contributed by atoms with Gasteiger partial charge in [0.1, 0.15) is 10.8 Å². The van der Waals surface area contributed by atoms with E-state index in [2.05, 4.69) is 25.4 Å². The van der Waals surface area contributed by atoms with Gasteiger partial charge in [-0.1, -0.05) is 43.2 Å². The molecular formula is C30H37N5O5S2. The van der Waals surface area contributed by atoms with E-state index in [0.29, 0.717) is 32.9 Å². The summed E-state index contributed by atoms with van der Waals surface area (Å²) in [6.45, 7) is 2.27. The molecule has 1 saturated carbocycles. The molecule has 42 heavy (non-hydrogen) atoms. The van der Waals surface area contributed by atoms with Gasteiger partial charge in [0.2, 0.25) is 5.91 Å². The number of carbonyl (C=O) groups excluding carboxylic acids is 3. The van der Waals surface area contributed by atoms with Gasteiger partial charge in [-0.2, -0.15) is 0 Å². The Morgan fingerprint density at radius 2 is 1.86 bits per heavy atom. The lowest BCUT2D eigenvalue weighted by molar-refractivity contribution is -0.113. The molecule has 10 nitrogen and oxygen atoms in total. The van der Waals surface area contributed by atoms with Crippen molar-refractivity contribution in [2.24, 2.45) is 0 Å². The number of ether oxygens (including phenoxy) is 2. The summed E-state index contributed by atoms with van der Waals surface area (Å²) in [6.07, 6.45) is 9.25. The van der Waals surface area contributed by atoms with Crippen LogP contribution in [0.1, 0.15) is 94.9 Å². The van der Waals surface area contributed by atoms with Crippen molar-refractivity contribution in [3.8, 4) is 5.75 Å². The standard InChI is InChI=1S/C30H37N5O5S2/c1-3-40-29(38)26-21-14-8-10-16-23(21)42-28(26)32-25(36)18-41-30-34-33-24(35(30)19-11-5-4-6-12-19)17-31-27(37)20-13-7-9-15-22(20)39-2/h7,9,13,15,19H,3-6,8,10-12,14,16-18H2,1-2H3,(H,31,37)(H,32,36). The molecule has 1 aromatic carbocycles. The molecule has 12 heteroatoms. The second-order valence-electron chi connectivity index (χ2n) is 10.4. The topological polar surface area (TPSA) is 124 Å². The molecule has 2 aliphatic rings. The maximum absolute atomic E-state index is 13.2. The summed E-state index contributed by atoms with van der Waals surface area (Å²) in [7, 11) is 1.54. The summed E-state index contributed by atoms with van der Waals surface area (Å²) >= 11 is 2.80. The average Bonchev–Trinajstić information content (AvgIpc) is 3.60. The third kappa shape index (κ3) is 6.81. The predicted octanol–water partition coefficient (Wildman–Crippen LogP) is 5.57. The van der Waals surface area contributed by atoms with Gasteiger partial charge in [0, 0.05) is 10.9 Å². The Morgan fingerprint density at radius 3 is 2.64 bits per heavy atom. The lowest BCUT2D eigenvalue weighted by Gasteiger charge is -2.25. The quantitative estimate of drug-likeness (QED) is 0.213. The number of carbonyl (C=O) groups is 3. The number of methoxy groups -OCH3 is 1. The van der Waals surface area contributed by atoms with E-state index in [0.717, 1.165) is 61.8 Å². The third-order valence-electron chi connectivity index (χ3n) is 7.67. The van der Waals surface area contributed by atoms with Crippen LogP contribution in [0.15, 0.2) is 29.4 Å². The van der Waals surface area contributed by atoms with Gasteiger partial charge in [-0.25, -0.2) is 4.79 Å². The van der Waals surface area contributed by atoms with Crippen molar-refractivity contribution >= 4 is 45.9 Å². The van der Waals surface area contributed by atoms with Gasteiger partial charge in [-0.05, 0) is 63.1 Å². The molecule has 0 bridgehead atoms. The van der Waals surface area contributed by atoms with Crippen LogP contribution < -0.4 is 15.4 Å². The smallest absolute Gasteiger partial charge is 0.341 e. The fraction of sp³-hybridized carbons (Fsp3) is 0.500. The molecule has 224 valence electrons. The minimum absolute atomic E-state index is 0.114. The van der Waals surface area contributed by atoms with Gasteiger partial charge in [-0.3, -0.25) is 9.59 Å². The summed E-state index contributed by atoms with van der Waals surface area (Å²) < 4.78 is 12.7. The van der Waals surface area contributed by atoms with Crippen molar-refractivity contribution in [1.29, 1.82) is 0 Å². The third-order valence-corrected chi connectivity index (χ3v) is 9.82. The number of nitrogens with one attached hydrogen (secondary N) is 2. The largest absolute Gasteiger partial charge is 0.496 e. The molecule has 0 aliphatic heterocycles. The van der Waals surface area contributed by atoms with Crippen LogP contribution in [0.25, 0.3) is 0 Å². The van der Waals surface area contributed by atoms with Gasteiger partial charge in [0.25, 0.3) is 5.91 Å². The van der Waals surface area contributed by atoms with E-state index < -0.39 is 0 Å². The number of para-hydroxylation sites is 1. The number of nitrogens with zero attached hydrogens (tertiary/aromatic N) is 3. The Kier molecular flexibility index (Phi) is 10.2. The number of esters is 1. The first-order valence-corrected chi connectivity index (χ1v) is 16.4. The Hall–Kier alpha value is -3.38. The van der Waals surface area contributed by atoms with Crippen molar-refractivity contribution in [2.45, 2.75) is 82.5 Å². The van der Waals surface area contributed by atoms with Crippen molar-refractivity contribution in [3.63, 3.8) is 0 Å². The van der Waals surface area contributed by atoms with E-state index in [1.54, 1.807) is 25.1 Å². The Bertz CT molecular complexity index is 1430. The average molecular weight is 612 g/mol. The highest BCUT2D eigenvalue weighted by molar-refractivity contribution is 7.99. The van der Waals surface area contributed by atoms with E-state index in [-0.39, 0.29) is 42.7 Å². The highest BCUT2D eigenvalue weighted by atomic mass is 32.2. The van der Waals surface area contributed by atoms with Crippen molar-refractivity contribution in [3.05, 3.63) is 51.7 Å². The summed E-state index contributed by atoms with van der Waals surface area (Å²) in [4.78, 5) is 40.0. The van der Waals surface area contributed by atoms with Gasteiger partial charge in [-0.15, -0.1) is 21.5 Å². The fourth-order valence-corrected chi connectivity index (χ4v) is 7.80. The van der Waals surface area contributed by atoms with Gasteiger partial charge in [0.05, 0.1) is 37.1 Å². The van der Waals surface area contributed by atoms with Crippen molar-refractivity contribution in [1.82, 2.24) is 20.1 Å². The summed E-state index contributed by atoms with van der Waals surface area (Å²) in [5.74, 6) is 0.427. The molecule has 2 heterocycles. The molecule has 0 saturated heterocycles. The number of aryl methyl sites for hydroxylation is 1. The van der Waals surface area contributed by atoms with E-state index in [1.165, 1.54) is 36.6 Å². The van der Waals surface area contributed by atoms with Crippen LogP contribution in [0.5, 0.6) is 5.75 Å². The molecule has 3 aromatic rings. The van der Waals surface area contributed by atoms with Gasteiger partial charge >= 0.3 is 5.97 Å². The lowest BCUT2D eigenvalue weighted by atomic mass is 9.95. The summed E-state index contributed by atoms with van der Waals surface area (Å²) in [6, 6.07) is 7.29. The van der Waals surface area contributed by atoms with E-state index in [1.807, 2.05) is 6.07 Å². The van der Waals surface area contributed by atoms with E-state index in [4.69, 9.17) is 9.47 Å². The number of thiophene rings is 1. The van der Waals surface area contributed by atoms with Crippen LogP contribution in [0, 0.1) is 0 Å². The number of aromatic nitrogens is 3. The van der Waals surface area contributed by atoms with Crippen LogP contribution >= 0.6 is 23.1 Å². The zero-order chi connectivity index (χ0) is 29.5.